The lowest BCUT2D eigenvalue weighted by atomic mass is 9.94. The fraction of sp³-hybridized carbons (Fsp3) is 0.400. The first-order valence-electron chi connectivity index (χ1n) is 8.83. The summed E-state index contributed by atoms with van der Waals surface area (Å²) in [5.74, 6) is -2.37. The van der Waals surface area contributed by atoms with Gasteiger partial charge in [-0.1, -0.05) is 0 Å². The van der Waals surface area contributed by atoms with Crippen molar-refractivity contribution in [3.63, 3.8) is 0 Å². The van der Waals surface area contributed by atoms with Gasteiger partial charge in [-0.3, -0.25) is 4.79 Å². The second kappa shape index (κ2) is 9.45. The molecule has 2 unspecified atom stereocenters. The molecule has 1 heterocycles. The van der Waals surface area contributed by atoms with Crippen LogP contribution >= 0.6 is 0 Å². The number of halogens is 2. The van der Waals surface area contributed by atoms with E-state index in [4.69, 9.17) is 4.74 Å². The maximum Gasteiger partial charge on any atom is 0.274 e. The molecule has 2 aromatic rings. The number of anilines is 1. The summed E-state index contributed by atoms with van der Waals surface area (Å²) >= 11 is 0. The van der Waals surface area contributed by atoms with E-state index in [1.165, 1.54) is 11.7 Å². The van der Waals surface area contributed by atoms with Gasteiger partial charge in [0.15, 0.2) is 0 Å². The highest BCUT2D eigenvalue weighted by molar-refractivity contribution is 5.53. The van der Waals surface area contributed by atoms with Crippen LogP contribution in [-0.4, -0.2) is 42.8 Å². The number of aliphatic hydroxyl groups is 1. The van der Waals surface area contributed by atoms with Gasteiger partial charge in [0.25, 0.3) is 5.56 Å². The molecule has 28 heavy (non-hydrogen) atoms. The first-order chi connectivity index (χ1) is 13.3. The number of ether oxygens (including phenoxy) is 1. The molecule has 0 saturated heterocycles. The topological polar surface area (TPSA) is 71.8 Å². The number of likely N-dealkylation sites (N-methyl/N-ethyl adjacent to an activating group) is 1. The van der Waals surface area contributed by atoms with Crippen LogP contribution in [-0.2, 0) is 11.3 Å². The van der Waals surface area contributed by atoms with Crippen LogP contribution in [0.1, 0.15) is 24.8 Å². The van der Waals surface area contributed by atoms with Gasteiger partial charge in [0.2, 0.25) is 0 Å². The molecule has 0 amide bonds. The molecule has 0 aliphatic rings. The number of rotatable bonds is 9. The Labute approximate surface area is 162 Å². The van der Waals surface area contributed by atoms with E-state index in [0.29, 0.717) is 12.0 Å². The van der Waals surface area contributed by atoms with Crippen LogP contribution in [0.15, 0.2) is 35.3 Å². The number of benzene rings is 1. The average Bonchev–Trinajstić information content (AvgIpc) is 2.62. The average molecular weight is 394 g/mol. The molecule has 1 N–H and O–H groups in total. The van der Waals surface area contributed by atoms with Gasteiger partial charge in [-0.2, -0.15) is 0 Å². The molecular weight excluding hydrogens is 370 g/mol. The van der Waals surface area contributed by atoms with Gasteiger partial charge in [0.05, 0.1) is 19.8 Å². The first-order valence-corrected chi connectivity index (χ1v) is 8.83. The molecule has 0 fully saturated rings. The molecule has 0 radical (unpaired) electrons. The van der Waals surface area contributed by atoms with Crippen LogP contribution in [0.2, 0.25) is 0 Å². The number of carbonyl (C=O) groups is 1. The van der Waals surface area contributed by atoms with Gasteiger partial charge in [-0.15, -0.1) is 0 Å². The predicted molar refractivity (Wildman–Crippen MR) is 102 cm³/mol. The number of pyridine rings is 1. The zero-order valence-corrected chi connectivity index (χ0v) is 16.1. The van der Waals surface area contributed by atoms with Crippen LogP contribution in [0.3, 0.4) is 0 Å². The number of carbonyl (C=O) groups excluding carboxylic acids is 1. The van der Waals surface area contributed by atoms with E-state index >= 15 is 0 Å². The summed E-state index contributed by atoms with van der Waals surface area (Å²) in [6, 6.07) is 5.36. The number of nitrogens with zero attached hydrogens (tertiary/aromatic N) is 2. The minimum atomic E-state index is -0.809. The van der Waals surface area contributed by atoms with Crippen LogP contribution in [0.4, 0.5) is 14.5 Å². The number of methoxy groups -OCH3 is 1. The molecule has 8 heteroatoms. The molecule has 0 aliphatic heterocycles. The Morgan fingerprint density at radius 3 is 2.50 bits per heavy atom. The zero-order chi connectivity index (χ0) is 20.8. The third kappa shape index (κ3) is 4.95. The van der Waals surface area contributed by atoms with Crippen LogP contribution in [0.25, 0.3) is 0 Å². The van der Waals surface area contributed by atoms with E-state index in [1.807, 2.05) is 0 Å². The number of aromatic nitrogens is 1. The van der Waals surface area contributed by atoms with Crippen molar-refractivity contribution in [2.75, 3.05) is 25.6 Å². The van der Waals surface area contributed by atoms with E-state index < -0.39 is 23.7 Å². The Hall–Kier alpha value is -2.74. The standard InChI is InChI=1S/C20H24F2N2O4/c1-13(26)11-24-7-4-5-18(20(24)27)23(2)12-14(6-8-25)19-16(21)9-15(28-3)10-17(19)22/h4-5,7-10,13-14,26H,6,11-12H2,1-3H3. The summed E-state index contributed by atoms with van der Waals surface area (Å²) in [6.45, 7) is 1.74. The smallest absolute Gasteiger partial charge is 0.274 e. The second-order valence-electron chi connectivity index (χ2n) is 6.68. The lowest BCUT2D eigenvalue weighted by Gasteiger charge is -2.26. The summed E-state index contributed by atoms with van der Waals surface area (Å²) < 4.78 is 35.1. The molecule has 0 bridgehead atoms. The van der Waals surface area contributed by atoms with Crippen LogP contribution in [0.5, 0.6) is 5.75 Å². The molecule has 6 nitrogen and oxygen atoms in total. The Morgan fingerprint density at radius 2 is 1.96 bits per heavy atom. The Balaban J connectivity index is 2.36. The third-order valence-electron chi connectivity index (χ3n) is 4.44. The molecule has 0 saturated carbocycles. The molecule has 1 aromatic heterocycles. The van der Waals surface area contributed by atoms with Crippen molar-refractivity contribution < 1.29 is 23.4 Å². The van der Waals surface area contributed by atoms with Gasteiger partial charge in [0, 0.05) is 49.8 Å². The molecule has 152 valence electrons. The summed E-state index contributed by atoms with van der Waals surface area (Å²) in [4.78, 5) is 25.3. The van der Waals surface area contributed by atoms with Crippen molar-refractivity contribution in [3.8, 4) is 5.75 Å². The van der Waals surface area contributed by atoms with E-state index in [-0.39, 0.29) is 36.4 Å². The number of hydrogen-bond donors (Lipinski definition) is 1. The van der Waals surface area contributed by atoms with Gasteiger partial charge in [-0.25, -0.2) is 8.78 Å². The SMILES string of the molecule is COc1cc(F)c(C(CC=O)CN(C)c2cccn(CC(C)O)c2=O)c(F)c1. The van der Waals surface area contributed by atoms with Crippen molar-refractivity contribution >= 4 is 12.0 Å². The highest BCUT2D eigenvalue weighted by Gasteiger charge is 2.24. The molecule has 1 aromatic carbocycles. The zero-order valence-electron chi connectivity index (χ0n) is 16.1. The minimum absolute atomic E-state index is 0.0426. The fourth-order valence-electron chi connectivity index (χ4n) is 3.14. The summed E-state index contributed by atoms with van der Waals surface area (Å²) in [5, 5.41) is 9.52. The Bertz CT molecular complexity index is 860. The van der Waals surface area contributed by atoms with Gasteiger partial charge in [0.1, 0.15) is 29.4 Å². The Kier molecular flexibility index (Phi) is 7.28. The monoisotopic (exact) mass is 394 g/mol. The normalized spacial score (nSPS) is 13.1. The predicted octanol–water partition coefficient (Wildman–Crippen LogP) is 2.32. The van der Waals surface area contributed by atoms with Crippen LogP contribution < -0.4 is 15.2 Å². The molecular formula is C20H24F2N2O4. The molecule has 2 rings (SSSR count). The van der Waals surface area contributed by atoms with Crippen molar-refractivity contribution in [3.05, 3.63) is 58.0 Å². The largest absolute Gasteiger partial charge is 0.497 e. The van der Waals surface area contributed by atoms with Gasteiger partial charge >= 0.3 is 0 Å². The lowest BCUT2D eigenvalue weighted by molar-refractivity contribution is -0.108. The maximum atomic E-state index is 14.5. The van der Waals surface area contributed by atoms with E-state index in [1.54, 1.807) is 37.2 Å². The molecule has 0 aliphatic carbocycles. The summed E-state index contributed by atoms with van der Waals surface area (Å²) in [7, 11) is 2.92. The number of aliphatic hydroxyl groups excluding tert-OH is 1. The lowest BCUT2D eigenvalue weighted by Crippen LogP contribution is -2.34. The van der Waals surface area contributed by atoms with E-state index in [0.717, 1.165) is 12.1 Å². The minimum Gasteiger partial charge on any atom is -0.497 e. The van der Waals surface area contributed by atoms with Crippen LogP contribution in [0, 0.1) is 11.6 Å². The first kappa shape index (κ1) is 21.6. The fourth-order valence-corrected chi connectivity index (χ4v) is 3.14. The molecule has 2 atom stereocenters. The Morgan fingerprint density at radius 1 is 1.32 bits per heavy atom. The quantitative estimate of drug-likeness (QED) is 0.661. The van der Waals surface area contributed by atoms with Gasteiger partial charge < -0.3 is 24.1 Å². The summed E-state index contributed by atoms with van der Waals surface area (Å²) in [6.07, 6.45) is 1.33. The van der Waals surface area contributed by atoms with E-state index in [2.05, 4.69) is 0 Å². The van der Waals surface area contributed by atoms with E-state index in [9.17, 15) is 23.5 Å². The maximum absolute atomic E-state index is 14.5. The third-order valence-corrected chi connectivity index (χ3v) is 4.44. The van der Waals surface area contributed by atoms with Crippen molar-refractivity contribution in [1.82, 2.24) is 4.57 Å². The second-order valence-corrected chi connectivity index (χ2v) is 6.68. The molecule has 0 spiro atoms. The highest BCUT2D eigenvalue weighted by Crippen LogP contribution is 2.30. The number of hydrogen-bond acceptors (Lipinski definition) is 5. The van der Waals surface area contributed by atoms with Crippen molar-refractivity contribution in [2.24, 2.45) is 0 Å². The number of aldehydes is 1. The van der Waals surface area contributed by atoms with Gasteiger partial charge in [-0.05, 0) is 19.1 Å². The summed E-state index contributed by atoms with van der Waals surface area (Å²) in [5.41, 5.74) is -0.264. The van der Waals surface area contributed by atoms with Crippen molar-refractivity contribution in [1.29, 1.82) is 0 Å². The van der Waals surface area contributed by atoms with Crippen molar-refractivity contribution in [2.45, 2.75) is 31.9 Å². The highest BCUT2D eigenvalue weighted by atomic mass is 19.1.